The lowest BCUT2D eigenvalue weighted by Gasteiger charge is -2.17. The number of nitrogens with zero attached hydrogens (tertiary/aromatic N) is 1. The molecule has 1 aliphatic carbocycles. The molecule has 0 bridgehead atoms. The lowest BCUT2D eigenvalue weighted by molar-refractivity contribution is 0.681. The van der Waals surface area contributed by atoms with Crippen molar-refractivity contribution in [3.05, 3.63) is 33.3 Å². The van der Waals surface area contributed by atoms with E-state index in [1.54, 1.807) is 0 Å². The van der Waals surface area contributed by atoms with Gasteiger partial charge in [-0.2, -0.15) is 5.26 Å². The van der Waals surface area contributed by atoms with E-state index in [-0.39, 0.29) is 0 Å². The molecule has 0 saturated carbocycles. The summed E-state index contributed by atoms with van der Waals surface area (Å²) in [4.78, 5) is 0. The summed E-state index contributed by atoms with van der Waals surface area (Å²) in [6, 6.07) is 6.16. The molecule has 1 nitrogen and oxygen atoms in total. The van der Waals surface area contributed by atoms with E-state index >= 15 is 0 Å². The molecule has 0 radical (unpaired) electrons. The van der Waals surface area contributed by atoms with Crippen LogP contribution in [0.5, 0.6) is 0 Å². The molecule has 0 aromatic heterocycles. The van der Waals surface area contributed by atoms with Crippen molar-refractivity contribution in [3.63, 3.8) is 0 Å². The first-order valence-corrected chi connectivity index (χ1v) is 5.32. The van der Waals surface area contributed by atoms with Gasteiger partial charge in [-0.1, -0.05) is 15.9 Å². The largest absolute Gasteiger partial charge is 0.192 e. The highest BCUT2D eigenvalue weighted by Crippen LogP contribution is 2.30. The van der Waals surface area contributed by atoms with Gasteiger partial charge in [0.1, 0.15) is 0 Å². The Morgan fingerprint density at radius 2 is 1.85 bits per heavy atom. The van der Waals surface area contributed by atoms with Gasteiger partial charge in [0.2, 0.25) is 0 Å². The number of benzene rings is 1. The molecule has 0 atom stereocenters. The smallest absolute Gasteiger partial charge is 0.0994 e. The molecule has 66 valence electrons. The second kappa shape index (κ2) is 3.51. The first-order valence-electron chi connectivity index (χ1n) is 4.53. The Hall–Kier alpha value is -0.810. The van der Waals surface area contributed by atoms with Crippen molar-refractivity contribution in [3.8, 4) is 6.07 Å². The summed E-state index contributed by atoms with van der Waals surface area (Å²) in [5, 5.41) is 8.92. The Labute approximate surface area is 86.5 Å². The van der Waals surface area contributed by atoms with Crippen LogP contribution in [-0.2, 0) is 12.8 Å². The van der Waals surface area contributed by atoms with E-state index in [9.17, 15) is 0 Å². The van der Waals surface area contributed by atoms with Gasteiger partial charge in [0.25, 0.3) is 0 Å². The van der Waals surface area contributed by atoms with Crippen LogP contribution in [0.15, 0.2) is 16.6 Å². The molecule has 1 aromatic carbocycles. The van der Waals surface area contributed by atoms with E-state index in [1.807, 2.05) is 12.1 Å². The highest BCUT2D eigenvalue weighted by atomic mass is 79.9. The molecule has 0 aliphatic heterocycles. The molecule has 0 N–H and O–H groups in total. The van der Waals surface area contributed by atoms with Crippen molar-refractivity contribution >= 4 is 15.9 Å². The lowest BCUT2D eigenvalue weighted by atomic mass is 9.89. The third-order valence-corrected chi connectivity index (χ3v) is 3.34. The number of hydrogen-bond donors (Lipinski definition) is 0. The van der Waals surface area contributed by atoms with E-state index < -0.39 is 0 Å². The van der Waals surface area contributed by atoms with Crippen LogP contribution in [0.2, 0.25) is 0 Å². The van der Waals surface area contributed by atoms with E-state index in [0.717, 1.165) is 18.4 Å². The SMILES string of the molecule is N#Cc1ccc(Br)c2c1CCCC2. The third-order valence-electron chi connectivity index (χ3n) is 2.60. The Morgan fingerprint density at radius 3 is 2.54 bits per heavy atom. The summed E-state index contributed by atoms with van der Waals surface area (Å²) in [7, 11) is 0. The molecule has 2 heteroatoms. The van der Waals surface area contributed by atoms with Crippen LogP contribution >= 0.6 is 15.9 Å². The second-order valence-electron chi connectivity index (χ2n) is 3.37. The fraction of sp³-hybridized carbons (Fsp3) is 0.364. The summed E-state index contributed by atoms with van der Waals surface area (Å²) in [6.07, 6.45) is 4.65. The van der Waals surface area contributed by atoms with Crippen molar-refractivity contribution < 1.29 is 0 Å². The molecule has 0 amide bonds. The monoisotopic (exact) mass is 235 g/mol. The van der Waals surface area contributed by atoms with E-state index in [4.69, 9.17) is 5.26 Å². The van der Waals surface area contributed by atoms with Gasteiger partial charge in [-0.3, -0.25) is 0 Å². The number of nitriles is 1. The maximum atomic E-state index is 8.92. The van der Waals surface area contributed by atoms with E-state index in [0.29, 0.717) is 0 Å². The summed E-state index contributed by atoms with van der Waals surface area (Å²) in [5.74, 6) is 0. The Morgan fingerprint density at radius 1 is 1.15 bits per heavy atom. The van der Waals surface area contributed by atoms with E-state index in [2.05, 4.69) is 22.0 Å². The van der Waals surface area contributed by atoms with Crippen LogP contribution in [0, 0.1) is 11.3 Å². The van der Waals surface area contributed by atoms with Gasteiger partial charge in [0, 0.05) is 4.47 Å². The first kappa shape index (κ1) is 8.77. The van der Waals surface area contributed by atoms with Gasteiger partial charge in [-0.05, 0) is 48.9 Å². The van der Waals surface area contributed by atoms with Gasteiger partial charge in [-0.25, -0.2) is 0 Å². The van der Waals surface area contributed by atoms with Crippen molar-refractivity contribution in [2.75, 3.05) is 0 Å². The van der Waals surface area contributed by atoms with Gasteiger partial charge < -0.3 is 0 Å². The molecule has 1 aliphatic rings. The van der Waals surface area contributed by atoms with Crippen molar-refractivity contribution in [1.82, 2.24) is 0 Å². The average Bonchev–Trinajstić information content (AvgIpc) is 2.19. The Bertz CT molecular complexity index is 376. The Kier molecular flexibility index (Phi) is 2.37. The molecular weight excluding hydrogens is 226 g/mol. The van der Waals surface area contributed by atoms with Crippen LogP contribution in [0.3, 0.4) is 0 Å². The lowest BCUT2D eigenvalue weighted by Crippen LogP contribution is -2.05. The summed E-state index contributed by atoms with van der Waals surface area (Å²) in [6.45, 7) is 0. The van der Waals surface area contributed by atoms with Crippen molar-refractivity contribution in [2.24, 2.45) is 0 Å². The fourth-order valence-corrected chi connectivity index (χ4v) is 2.50. The van der Waals surface area contributed by atoms with Gasteiger partial charge in [0.05, 0.1) is 11.6 Å². The number of halogens is 1. The van der Waals surface area contributed by atoms with Crippen LogP contribution < -0.4 is 0 Å². The molecule has 1 aromatic rings. The molecular formula is C11H10BrN. The normalized spacial score (nSPS) is 14.8. The van der Waals surface area contributed by atoms with Crippen LogP contribution in [-0.4, -0.2) is 0 Å². The number of rotatable bonds is 0. The second-order valence-corrected chi connectivity index (χ2v) is 4.23. The van der Waals surface area contributed by atoms with Crippen LogP contribution in [0.25, 0.3) is 0 Å². The highest BCUT2D eigenvalue weighted by Gasteiger charge is 2.15. The van der Waals surface area contributed by atoms with E-state index in [1.165, 1.54) is 28.4 Å². The maximum absolute atomic E-state index is 8.92. The van der Waals surface area contributed by atoms with Gasteiger partial charge in [-0.15, -0.1) is 0 Å². The van der Waals surface area contributed by atoms with Crippen LogP contribution in [0.4, 0.5) is 0 Å². The highest BCUT2D eigenvalue weighted by molar-refractivity contribution is 9.10. The fourth-order valence-electron chi connectivity index (χ4n) is 1.93. The molecule has 0 fully saturated rings. The zero-order valence-corrected chi connectivity index (χ0v) is 8.89. The zero-order chi connectivity index (χ0) is 9.26. The average molecular weight is 236 g/mol. The van der Waals surface area contributed by atoms with Crippen LogP contribution in [0.1, 0.15) is 29.5 Å². The number of hydrogen-bond acceptors (Lipinski definition) is 1. The first-order chi connectivity index (χ1) is 6.33. The molecule has 0 spiro atoms. The van der Waals surface area contributed by atoms with Crippen molar-refractivity contribution in [1.29, 1.82) is 5.26 Å². The van der Waals surface area contributed by atoms with Crippen molar-refractivity contribution in [2.45, 2.75) is 25.7 Å². The topological polar surface area (TPSA) is 23.8 Å². The molecule has 13 heavy (non-hydrogen) atoms. The molecule has 0 heterocycles. The minimum atomic E-state index is 0.859. The molecule has 0 saturated heterocycles. The quantitative estimate of drug-likeness (QED) is 0.678. The standard InChI is InChI=1S/C11H10BrN/c12-11-6-5-8(7-13)9-3-1-2-4-10(9)11/h5-6H,1-4H2. The molecule has 0 unspecified atom stereocenters. The minimum Gasteiger partial charge on any atom is -0.192 e. The summed E-state index contributed by atoms with van der Waals surface area (Å²) in [5.41, 5.74) is 3.48. The minimum absolute atomic E-state index is 0.859. The third kappa shape index (κ3) is 1.49. The zero-order valence-electron chi connectivity index (χ0n) is 7.31. The predicted octanol–water partition coefficient (Wildman–Crippen LogP) is 3.20. The summed E-state index contributed by atoms with van der Waals surface area (Å²) >= 11 is 3.54. The Balaban J connectivity index is 2.61. The van der Waals surface area contributed by atoms with Gasteiger partial charge in [0.15, 0.2) is 0 Å². The molecule has 2 rings (SSSR count). The predicted molar refractivity (Wildman–Crippen MR) is 55.5 cm³/mol. The summed E-state index contributed by atoms with van der Waals surface area (Å²) < 4.78 is 1.17. The number of fused-ring (bicyclic) bond motifs is 1. The van der Waals surface area contributed by atoms with Gasteiger partial charge >= 0.3 is 0 Å². The maximum Gasteiger partial charge on any atom is 0.0994 e.